The molecule has 0 N–H and O–H groups in total. The lowest BCUT2D eigenvalue weighted by molar-refractivity contribution is -0.129. The van der Waals surface area contributed by atoms with Crippen LogP contribution in [0.2, 0.25) is 0 Å². The van der Waals surface area contributed by atoms with Crippen molar-refractivity contribution < 1.29 is 14.3 Å². The van der Waals surface area contributed by atoms with Crippen molar-refractivity contribution in [3.05, 3.63) is 42.5 Å². The van der Waals surface area contributed by atoms with Gasteiger partial charge in [0.2, 0.25) is 0 Å². The van der Waals surface area contributed by atoms with E-state index in [9.17, 15) is 4.79 Å². The van der Waals surface area contributed by atoms with Gasteiger partial charge >= 0.3 is 0 Å². The van der Waals surface area contributed by atoms with Gasteiger partial charge in [-0.2, -0.15) is 0 Å². The summed E-state index contributed by atoms with van der Waals surface area (Å²) in [6, 6.07) is 13.9. The summed E-state index contributed by atoms with van der Waals surface area (Å²) in [7, 11) is 0. The lowest BCUT2D eigenvalue weighted by Crippen LogP contribution is -2.05. The van der Waals surface area contributed by atoms with Crippen LogP contribution in [-0.4, -0.2) is 19.7 Å². The minimum atomic E-state index is 0.271. The fourth-order valence-corrected chi connectivity index (χ4v) is 1.57. The fourth-order valence-electron chi connectivity index (χ4n) is 1.57. The molecule has 0 aliphatic heterocycles. The second-order valence-electron chi connectivity index (χ2n) is 3.29. The predicted octanol–water partition coefficient (Wildman–Crippen LogP) is 2.39. The van der Waals surface area contributed by atoms with Gasteiger partial charge in [-0.15, -0.1) is 0 Å². The summed E-state index contributed by atoms with van der Waals surface area (Å²) in [5, 5.41) is 2.20. The molecule has 16 heavy (non-hydrogen) atoms. The maximum absolute atomic E-state index is 9.95. The normalized spacial score (nSPS) is 10.0. The van der Waals surface area contributed by atoms with Gasteiger partial charge in [-0.3, -0.25) is 4.79 Å². The Hall–Kier alpha value is -2.03. The first-order valence-corrected chi connectivity index (χ1v) is 5.07. The molecule has 82 valence electrons. The Morgan fingerprint density at radius 2 is 1.81 bits per heavy atom. The third-order valence-electron chi connectivity index (χ3n) is 2.28. The molecule has 0 unspecified atom stereocenters. The van der Waals surface area contributed by atoms with Crippen LogP contribution < -0.4 is 4.74 Å². The summed E-state index contributed by atoms with van der Waals surface area (Å²) in [4.78, 5) is 9.95. The molecule has 0 saturated heterocycles. The zero-order valence-corrected chi connectivity index (χ0v) is 8.76. The summed E-state index contributed by atoms with van der Waals surface area (Å²) in [5.41, 5.74) is 0. The van der Waals surface area contributed by atoms with Gasteiger partial charge in [0.1, 0.15) is 19.0 Å². The smallest absolute Gasteiger partial charge is 0.293 e. The third kappa shape index (κ3) is 2.31. The van der Waals surface area contributed by atoms with Crippen molar-refractivity contribution in [2.75, 3.05) is 13.2 Å². The SMILES string of the molecule is O=COCCOc1cccc2ccccc12. The molecule has 0 spiro atoms. The summed E-state index contributed by atoms with van der Waals surface area (Å²) in [6.07, 6.45) is 0. The van der Waals surface area contributed by atoms with Gasteiger partial charge in [0.05, 0.1) is 0 Å². The second kappa shape index (κ2) is 5.16. The summed E-state index contributed by atoms with van der Waals surface area (Å²) in [5.74, 6) is 0.813. The number of carbonyl (C=O) groups excluding carboxylic acids is 1. The zero-order chi connectivity index (χ0) is 11.2. The minimum Gasteiger partial charge on any atom is -0.489 e. The van der Waals surface area contributed by atoms with E-state index in [0.717, 1.165) is 16.5 Å². The Kier molecular flexibility index (Phi) is 3.38. The average molecular weight is 216 g/mol. The van der Waals surface area contributed by atoms with E-state index in [0.29, 0.717) is 13.1 Å². The molecular weight excluding hydrogens is 204 g/mol. The molecule has 0 bridgehead atoms. The van der Waals surface area contributed by atoms with Crippen molar-refractivity contribution in [3.63, 3.8) is 0 Å². The van der Waals surface area contributed by atoms with Crippen LogP contribution in [0, 0.1) is 0 Å². The van der Waals surface area contributed by atoms with Crippen molar-refractivity contribution >= 4 is 17.2 Å². The molecule has 0 fully saturated rings. The van der Waals surface area contributed by atoms with Crippen molar-refractivity contribution in [2.24, 2.45) is 0 Å². The minimum absolute atomic E-state index is 0.271. The van der Waals surface area contributed by atoms with Crippen molar-refractivity contribution in [1.29, 1.82) is 0 Å². The van der Waals surface area contributed by atoms with E-state index in [-0.39, 0.29) is 6.61 Å². The first-order chi connectivity index (χ1) is 7.92. The molecule has 0 atom stereocenters. The molecule has 0 aliphatic rings. The van der Waals surface area contributed by atoms with E-state index in [1.165, 1.54) is 0 Å². The Bertz CT molecular complexity index is 474. The highest BCUT2D eigenvalue weighted by atomic mass is 16.5. The van der Waals surface area contributed by atoms with Crippen LogP contribution in [0.1, 0.15) is 0 Å². The zero-order valence-electron chi connectivity index (χ0n) is 8.76. The van der Waals surface area contributed by atoms with E-state index in [1.54, 1.807) is 0 Å². The molecular formula is C13H12O3. The molecule has 0 amide bonds. The van der Waals surface area contributed by atoms with Gasteiger partial charge < -0.3 is 9.47 Å². The molecule has 0 saturated carbocycles. The van der Waals surface area contributed by atoms with Crippen LogP contribution in [0.25, 0.3) is 10.8 Å². The van der Waals surface area contributed by atoms with Gasteiger partial charge in [0.25, 0.3) is 6.47 Å². The lowest BCUT2D eigenvalue weighted by Gasteiger charge is -2.08. The molecule has 3 heteroatoms. The van der Waals surface area contributed by atoms with Crippen molar-refractivity contribution in [3.8, 4) is 5.75 Å². The van der Waals surface area contributed by atoms with E-state index in [2.05, 4.69) is 4.74 Å². The second-order valence-corrected chi connectivity index (χ2v) is 3.29. The molecule has 0 aromatic heterocycles. The highest BCUT2D eigenvalue weighted by molar-refractivity contribution is 5.88. The Balaban J connectivity index is 2.14. The molecule has 3 nitrogen and oxygen atoms in total. The standard InChI is InChI=1S/C13H12O3/c14-10-15-8-9-16-13-7-3-5-11-4-1-2-6-12(11)13/h1-7,10H,8-9H2. The largest absolute Gasteiger partial charge is 0.489 e. The van der Waals surface area contributed by atoms with Crippen LogP contribution >= 0.6 is 0 Å². The number of hydrogen-bond donors (Lipinski definition) is 0. The number of carbonyl (C=O) groups is 1. The van der Waals surface area contributed by atoms with E-state index in [1.807, 2.05) is 42.5 Å². The Morgan fingerprint density at radius 3 is 2.69 bits per heavy atom. The number of hydrogen-bond acceptors (Lipinski definition) is 3. The first kappa shape index (κ1) is 10.5. The highest BCUT2D eigenvalue weighted by Crippen LogP contribution is 2.24. The van der Waals surface area contributed by atoms with Gasteiger partial charge in [-0.1, -0.05) is 36.4 Å². The van der Waals surface area contributed by atoms with Crippen LogP contribution in [0.3, 0.4) is 0 Å². The van der Waals surface area contributed by atoms with E-state index < -0.39 is 0 Å². The average Bonchev–Trinajstić information content (AvgIpc) is 2.35. The molecule has 2 aromatic rings. The van der Waals surface area contributed by atoms with Crippen molar-refractivity contribution in [2.45, 2.75) is 0 Å². The van der Waals surface area contributed by atoms with Gasteiger partial charge in [0.15, 0.2) is 0 Å². The lowest BCUT2D eigenvalue weighted by atomic mass is 10.1. The summed E-state index contributed by atoms with van der Waals surface area (Å²) >= 11 is 0. The highest BCUT2D eigenvalue weighted by Gasteiger charge is 2.00. The van der Waals surface area contributed by atoms with Crippen LogP contribution in [0.4, 0.5) is 0 Å². The van der Waals surface area contributed by atoms with Crippen LogP contribution in [0.15, 0.2) is 42.5 Å². The fraction of sp³-hybridized carbons (Fsp3) is 0.154. The van der Waals surface area contributed by atoms with E-state index in [4.69, 9.17) is 4.74 Å². The number of fused-ring (bicyclic) bond motifs is 1. The molecule has 2 rings (SSSR count). The van der Waals surface area contributed by atoms with Crippen LogP contribution in [0.5, 0.6) is 5.75 Å². The summed E-state index contributed by atoms with van der Waals surface area (Å²) < 4.78 is 10.1. The van der Waals surface area contributed by atoms with Gasteiger partial charge in [-0.25, -0.2) is 0 Å². The first-order valence-electron chi connectivity index (χ1n) is 5.07. The van der Waals surface area contributed by atoms with E-state index >= 15 is 0 Å². The molecule has 0 heterocycles. The topological polar surface area (TPSA) is 35.5 Å². The third-order valence-corrected chi connectivity index (χ3v) is 2.28. The molecule has 2 aromatic carbocycles. The predicted molar refractivity (Wildman–Crippen MR) is 61.5 cm³/mol. The number of rotatable bonds is 5. The Morgan fingerprint density at radius 1 is 1.00 bits per heavy atom. The van der Waals surface area contributed by atoms with Crippen molar-refractivity contribution in [1.82, 2.24) is 0 Å². The Labute approximate surface area is 93.6 Å². The van der Waals surface area contributed by atoms with Gasteiger partial charge in [-0.05, 0) is 11.5 Å². The number of benzene rings is 2. The quantitative estimate of drug-likeness (QED) is 0.568. The maximum atomic E-state index is 9.95. The number of ether oxygens (including phenoxy) is 2. The monoisotopic (exact) mass is 216 g/mol. The van der Waals surface area contributed by atoms with Crippen LogP contribution in [-0.2, 0) is 9.53 Å². The maximum Gasteiger partial charge on any atom is 0.293 e. The molecule has 0 aliphatic carbocycles. The van der Waals surface area contributed by atoms with Gasteiger partial charge in [0, 0.05) is 5.39 Å². The molecule has 0 radical (unpaired) electrons. The summed E-state index contributed by atoms with van der Waals surface area (Å²) in [6.45, 7) is 1.06.